The van der Waals surface area contributed by atoms with Crippen LogP contribution in [0.4, 0.5) is 0 Å². The van der Waals surface area contributed by atoms with Crippen LogP contribution in [-0.4, -0.2) is 9.52 Å². The van der Waals surface area contributed by atoms with Crippen molar-refractivity contribution in [1.82, 2.24) is 0 Å². The fourth-order valence-corrected chi connectivity index (χ4v) is 9.45. The largest absolute Gasteiger partial charge is 0.0654 e. The molecule has 0 spiro atoms. The Hall–Kier alpha value is 0.217. The third-order valence-corrected chi connectivity index (χ3v) is 13.3. The molecule has 0 aliphatic rings. The van der Waals surface area contributed by atoms with Crippen molar-refractivity contribution < 1.29 is 0 Å². The average Bonchev–Trinajstić information content (AvgIpc) is 3.14. The summed E-state index contributed by atoms with van der Waals surface area (Å²) in [6.07, 6.45) is 68.5. The predicted molar refractivity (Wildman–Crippen MR) is 239 cm³/mol. The zero-order valence-electron chi connectivity index (χ0n) is 36.4. The van der Waals surface area contributed by atoms with Gasteiger partial charge in [0.1, 0.15) is 0 Å². The second-order valence-electron chi connectivity index (χ2n) is 17.3. The number of hydrogen-bond acceptors (Lipinski definition) is 0. The lowest BCUT2D eigenvalue weighted by Gasteiger charge is -2.05. The van der Waals surface area contributed by atoms with Gasteiger partial charge in [0.05, 0.1) is 0 Å². The molecule has 0 atom stereocenters. The Labute approximate surface area is 329 Å². The van der Waals surface area contributed by atoms with E-state index in [0.717, 1.165) is 0 Å². The summed E-state index contributed by atoms with van der Waals surface area (Å²) in [5, 5.41) is 0. The standard InChI is InChI=1S/C50H102Si/c1-3-5-7-9-11-13-15-17-19-21-23-25-27-29-31-33-35-37-39-41-43-45-47-49-51-50-48-46-44-42-40-38-36-34-32-30-28-26-24-22-20-18-16-14-12-10-8-6-4-2/h3-50H2,1-2H3. The smallest absolute Gasteiger partial charge is 0.0378 e. The Bertz CT molecular complexity index is 509. The van der Waals surface area contributed by atoms with E-state index in [1.54, 1.807) is 0 Å². The Morgan fingerprint density at radius 1 is 0.157 bits per heavy atom. The highest BCUT2D eigenvalue weighted by atomic mass is 28.2. The van der Waals surface area contributed by atoms with Crippen molar-refractivity contribution in [2.24, 2.45) is 0 Å². The molecule has 0 fully saturated rings. The highest BCUT2D eigenvalue weighted by Gasteiger charge is 1.99. The van der Waals surface area contributed by atoms with Crippen molar-refractivity contribution in [3.05, 3.63) is 0 Å². The van der Waals surface area contributed by atoms with Crippen LogP contribution in [0.3, 0.4) is 0 Å². The summed E-state index contributed by atoms with van der Waals surface area (Å²) < 4.78 is 0. The molecule has 0 N–H and O–H groups in total. The average molecular weight is 731 g/mol. The zero-order chi connectivity index (χ0) is 36.6. The molecule has 0 saturated carbocycles. The van der Waals surface area contributed by atoms with E-state index < -0.39 is 0 Å². The van der Waals surface area contributed by atoms with Gasteiger partial charge in [-0.15, -0.1) is 0 Å². The van der Waals surface area contributed by atoms with E-state index in [9.17, 15) is 0 Å². The maximum atomic E-state index is 2.31. The molecule has 0 amide bonds. The van der Waals surface area contributed by atoms with Crippen molar-refractivity contribution in [2.45, 2.75) is 321 Å². The van der Waals surface area contributed by atoms with Gasteiger partial charge in [-0.05, 0) is 0 Å². The van der Waals surface area contributed by atoms with Gasteiger partial charge in [-0.25, -0.2) is 0 Å². The molecule has 0 aromatic heterocycles. The molecule has 51 heavy (non-hydrogen) atoms. The molecule has 1 heteroatoms. The van der Waals surface area contributed by atoms with E-state index in [4.69, 9.17) is 0 Å². The topological polar surface area (TPSA) is 0 Å². The maximum absolute atomic E-state index is 2.31. The molecule has 0 saturated heterocycles. The monoisotopic (exact) mass is 731 g/mol. The quantitative estimate of drug-likeness (QED) is 0.0432. The highest BCUT2D eigenvalue weighted by Crippen LogP contribution is 2.18. The minimum atomic E-state index is 1.25. The molecule has 0 aliphatic heterocycles. The van der Waals surface area contributed by atoms with Crippen LogP contribution in [0.25, 0.3) is 0 Å². The first kappa shape index (κ1) is 51.2. The van der Waals surface area contributed by atoms with Crippen molar-refractivity contribution in [3.8, 4) is 0 Å². The van der Waals surface area contributed by atoms with Gasteiger partial charge < -0.3 is 0 Å². The highest BCUT2D eigenvalue weighted by molar-refractivity contribution is 6.35. The second-order valence-corrected chi connectivity index (χ2v) is 18.8. The molecular weight excluding hydrogens is 629 g/mol. The predicted octanol–water partition coefficient (Wildman–Crippen LogP) is 19.5. The molecule has 0 aliphatic carbocycles. The molecular formula is C50H102Si. The first-order valence-electron chi connectivity index (χ1n) is 25.1. The van der Waals surface area contributed by atoms with Crippen LogP contribution in [0.2, 0.25) is 12.1 Å². The van der Waals surface area contributed by atoms with Crippen LogP contribution in [0.15, 0.2) is 0 Å². The zero-order valence-corrected chi connectivity index (χ0v) is 37.4. The van der Waals surface area contributed by atoms with E-state index in [1.807, 2.05) is 0 Å². The second kappa shape index (κ2) is 50.2. The Kier molecular flexibility index (Phi) is 50.4. The Morgan fingerprint density at radius 2 is 0.275 bits per heavy atom. The fraction of sp³-hybridized carbons (Fsp3) is 1.00. The van der Waals surface area contributed by atoms with Crippen LogP contribution in [0.1, 0.15) is 309 Å². The summed E-state index contributed by atoms with van der Waals surface area (Å²) in [5.41, 5.74) is 0. The van der Waals surface area contributed by atoms with Crippen LogP contribution >= 0.6 is 0 Å². The first-order chi connectivity index (χ1) is 25.4. The molecule has 0 rings (SSSR count). The molecule has 0 nitrogen and oxygen atoms in total. The molecule has 0 heterocycles. The van der Waals surface area contributed by atoms with Gasteiger partial charge in [-0.1, -0.05) is 321 Å². The summed E-state index contributed by atoms with van der Waals surface area (Å²) in [5.74, 6) is 0. The fourth-order valence-electron chi connectivity index (χ4n) is 8.20. The van der Waals surface area contributed by atoms with Crippen LogP contribution < -0.4 is 0 Å². The third kappa shape index (κ3) is 50.2. The summed E-state index contributed by atoms with van der Waals surface area (Å²) in [6.45, 7) is 4.63. The van der Waals surface area contributed by atoms with Gasteiger partial charge >= 0.3 is 0 Å². The molecule has 0 aromatic rings. The molecule has 306 valence electrons. The van der Waals surface area contributed by atoms with E-state index in [2.05, 4.69) is 13.8 Å². The van der Waals surface area contributed by atoms with Crippen LogP contribution in [-0.2, 0) is 0 Å². The maximum Gasteiger partial charge on any atom is 0.0378 e. The van der Waals surface area contributed by atoms with E-state index in [-0.39, 0.29) is 0 Å². The third-order valence-electron chi connectivity index (χ3n) is 11.9. The normalized spacial score (nSPS) is 11.6. The van der Waals surface area contributed by atoms with E-state index >= 15 is 0 Å². The van der Waals surface area contributed by atoms with E-state index in [0.29, 0.717) is 0 Å². The van der Waals surface area contributed by atoms with Crippen molar-refractivity contribution in [2.75, 3.05) is 0 Å². The minimum absolute atomic E-state index is 1.25. The molecule has 0 unspecified atom stereocenters. The van der Waals surface area contributed by atoms with E-state index in [1.165, 1.54) is 317 Å². The SMILES string of the molecule is CCCCCCCCCCCCCCCCCCCCCCCCC[Si]CCCCCCCCCCCCCCCCCCCCCCCCC. The first-order valence-corrected chi connectivity index (χ1v) is 26.5. The van der Waals surface area contributed by atoms with Gasteiger partial charge in [0.2, 0.25) is 0 Å². The van der Waals surface area contributed by atoms with Gasteiger partial charge in [0.15, 0.2) is 0 Å². The molecule has 2 radical (unpaired) electrons. The Morgan fingerprint density at radius 3 is 0.412 bits per heavy atom. The summed E-state index contributed by atoms with van der Waals surface area (Å²) in [6, 6.07) is 3.05. The van der Waals surface area contributed by atoms with Crippen molar-refractivity contribution in [3.63, 3.8) is 0 Å². The molecule has 0 bridgehead atoms. The summed E-state index contributed by atoms with van der Waals surface area (Å²) in [4.78, 5) is 0. The lowest BCUT2D eigenvalue weighted by atomic mass is 10.0. The van der Waals surface area contributed by atoms with Gasteiger partial charge in [0, 0.05) is 9.52 Å². The van der Waals surface area contributed by atoms with Gasteiger partial charge in [0.25, 0.3) is 0 Å². The van der Waals surface area contributed by atoms with Crippen molar-refractivity contribution in [1.29, 1.82) is 0 Å². The number of hydrogen-bond donors (Lipinski definition) is 0. The van der Waals surface area contributed by atoms with Crippen LogP contribution in [0.5, 0.6) is 0 Å². The lowest BCUT2D eigenvalue weighted by Crippen LogP contribution is -1.90. The van der Waals surface area contributed by atoms with Gasteiger partial charge in [-0.2, -0.15) is 0 Å². The molecule has 0 aromatic carbocycles. The van der Waals surface area contributed by atoms with Gasteiger partial charge in [-0.3, -0.25) is 0 Å². The van der Waals surface area contributed by atoms with Crippen molar-refractivity contribution >= 4 is 9.52 Å². The lowest BCUT2D eigenvalue weighted by molar-refractivity contribution is 0.518. The number of unbranched alkanes of at least 4 members (excludes halogenated alkanes) is 44. The summed E-state index contributed by atoms with van der Waals surface area (Å²) in [7, 11) is 1.25. The number of rotatable bonds is 48. The summed E-state index contributed by atoms with van der Waals surface area (Å²) >= 11 is 0. The minimum Gasteiger partial charge on any atom is -0.0654 e. The Balaban J connectivity index is 3.04. The van der Waals surface area contributed by atoms with Crippen LogP contribution in [0, 0.1) is 0 Å².